The van der Waals surface area contributed by atoms with E-state index in [0.29, 0.717) is 53.3 Å². The van der Waals surface area contributed by atoms with Gasteiger partial charge in [-0.05, 0) is 42.2 Å². The maximum atomic E-state index is 13.9. The monoisotopic (exact) mass is 407 g/mol. The van der Waals surface area contributed by atoms with Crippen molar-refractivity contribution in [1.82, 2.24) is 4.57 Å². The van der Waals surface area contributed by atoms with Gasteiger partial charge in [0.15, 0.2) is 0 Å². The maximum absolute atomic E-state index is 13.9. The normalized spacial score (nSPS) is 10.9. The minimum Gasteiger partial charge on any atom is -0.545 e. The first kappa shape index (κ1) is 23.4. The number of hydrogen-bond acceptors (Lipinski definition) is 4. The molecule has 0 aliphatic carbocycles. The molecule has 0 saturated carbocycles. The maximum Gasteiger partial charge on any atom is 1.00 e. The number of carbonyl (C=O) groups is 1. The summed E-state index contributed by atoms with van der Waals surface area (Å²) in [6.45, 7) is 4.78. The van der Waals surface area contributed by atoms with Crippen LogP contribution in [0.25, 0.3) is 10.9 Å². The first-order chi connectivity index (χ1) is 13.4. The summed E-state index contributed by atoms with van der Waals surface area (Å²) in [4.78, 5) is 11.5. The predicted molar refractivity (Wildman–Crippen MR) is 103 cm³/mol. The van der Waals surface area contributed by atoms with Gasteiger partial charge in [0.2, 0.25) is 0 Å². The van der Waals surface area contributed by atoms with Crippen molar-refractivity contribution in [2.45, 2.75) is 26.8 Å². The van der Waals surface area contributed by atoms with Crippen LogP contribution in [0, 0.1) is 11.7 Å². The number of carbonyl (C=O) groups excluding carboxylic acids is 1. The molecule has 0 saturated heterocycles. The van der Waals surface area contributed by atoms with Crippen molar-refractivity contribution >= 4 is 16.9 Å². The molecule has 0 fully saturated rings. The van der Waals surface area contributed by atoms with Crippen molar-refractivity contribution in [2.75, 3.05) is 13.2 Å². The molecule has 0 unspecified atom stereocenters. The number of benzene rings is 2. The molecule has 0 bridgehead atoms. The first-order valence-electron chi connectivity index (χ1n) is 9.25. The van der Waals surface area contributed by atoms with Gasteiger partial charge >= 0.3 is 29.6 Å². The Bertz CT molecular complexity index is 1000. The van der Waals surface area contributed by atoms with E-state index in [2.05, 4.69) is 0 Å². The fraction of sp³-hybridized carbons (Fsp3) is 0.318. The van der Waals surface area contributed by atoms with Gasteiger partial charge < -0.3 is 24.3 Å². The van der Waals surface area contributed by atoms with E-state index in [1.54, 1.807) is 24.4 Å². The largest absolute Gasteiger partial charge is 1.00 e. The van der Waals surface area contributed by atoms with Crippen LogP contribution in [-0.4, -0.2) is 28.9 Å². The molecule has 0 amide bonds. The third-order valence-electron chi connectivity index (χ3n) is 4.52. The molecule has 3 rings (SSSR count). The Hall–Kier alpha value is -1.86. The van der Waals surface area contributed by atoms with Crippen LogP contribution < -0.4 is 39.4 Å². The SMILES string of the molecule is CC(C)COc1ccc(F)cc1Cn1cc(CCO)c2c(C(=O)[O-])cccc21.[Na+]. The van der Waals surface area contributed by atoms with Crippen molar-refractivity contribution in [3.05, 3.63) is 65.1 Å². The minimum atomic E-state index is -1.27. The smallest absolute Gasteiger partial charge is 0.545 e. The van der Waals surface area contributed by atoms with Crippen LogP contribution in [0.4, 0.5) is 4.39 Å². The van der Waals surface area contributed by atoms with Crippen molar-refractivity contribution in [3.63, 3.8) is 0 Å². The van der Waals surface area contributed by atoms with Gasteiger partial charge in [0.05, 0.1) is 19.1 Å². The molecule has 2 aromatic carbocycles. The van der Waals surface area contributed by atoms with Gasteiger partial charge in [0, 0.05) is 34.8 Å². The summed E-state index contributed by atoms with van der Waals surface area (Å²) in [7, 11) is 0. The van der Waals surface area contributed by atoms with Crippen LogP contribution in [0.15, 0.2) is 42.6 Å². The van der Waals surface area contributed by atoms with Gasteiger partial charge in [-0.25, -0.2) is 4.39 Å². The number of ether oxygens (including phenoxy) is 1. The van der Waals surface area contributed by atoms with E-state index in [9.17, 15) is 19.4 Å². The average Bonchev–Trinajstić information content (AvgIpc) is 2.99. The van der Waals surface area contributed by atoms with Gasteiger partial charge in [-0.3, -0.25) is 0 Å². The Kier molecular flexibility index (Phi) is 8.28. The van der Waals surface area contributed by atoms with Crippen LogP contribution >= 0.6 is 0 Å². The van der Waals surface area contributed by atoms with Crippen molar-refractivity contribution < 1.29 is 53.7 Å². The molecule has 1 aromatic heterocycles. The molecule has 1 heterocycles. The molecular weight excluding hydrogens is 384 g/mol. The molecule has 3 aromatic rings. The van der Waals surface area contributed by atoms with E-state index in [1.807, 2.05) is 18.4 Å². The van der Waals surface area contributed by atoms with Gasteiger partial charge in [0.25, 0.3) is 0 Å². The average molecular weight is 407 g/mol. The summed E-state index contributed by atoms with van der Waals surface area (Å²) in [5.74, 6) is -0.715. The number of carboxylic acid groups (broad SMARTS) is 1. The molecule has 0 atom stereocenters. The quantitative estimate of drug-likeness (QED) is 0.524. The molecule has 1 N–H and O–H groups in total. The van der Waals surface area contributed by atoms with Crippen molar-refractivity contribution in [1.29, 1.82) is 0 Å². The van der Waals surface area contributed by atoms with Crippen molar-refractivity contribution in [2.24, 2.45) is 5.92 Å². The van der Waals surface area contributed by atoms with Crippen LogP contribution in [0.5, 0.6) is 5.75 Å². The van der Waals surface area contributed by atoms with Crippen LogP contribution in [0.2, 0.25) is 0 Å². The minimum absolute atomic E-state index is 0. The molecule has 0 aliphatic rings. The topological polar surface area (TPSA) is 74.5 Å². The number of halogens is 1. The van der Waals surface area contributed by atoms with Gasteiger partial charge in [-0.15, -0.1) is 0 Å². The Balaban J connectivity index is 0.00000300. The summed E-state index contributed by atoms with van der Waals surface area (Å²) in [6.07, 6.45) is 2.11. The van der Waals surface area contributed by atoms with E-state index in [-0.39, 0.29) is 47.5 Å². The zero-order chi connectivity index (χ0) is 20.3. The Morgan fingerprint density at radius 1 is 1.24 bits per heavy atom. The van der Waals surface area contributed by atoms with E-state index in [0.717, 1.165) is 0 Å². The number of nitrogens with zero attached hydrogens (tertiary/aromatic N) is 1. The Morgan fingerprint density at radius 3 is 2.66 bits per heavy atom. The molecule has 148 valence electrons. The number of aliphatic hydroxyl groups excluding tert-OH is 1. The third-order valence-corrected chi connectivity index (χ3v) is 4.52. The summed E-state index contributed by atoms with van der Waals surface area (Å²) >= 11 is 0. The molecule has 0 radical (unpaired) electrons. The fourth-order valence-electron chi connectivity index (χ4n) is 3.30. The third kappa shape index (κ3) is 5.39. The number of rotatable bonds is 8. The predicted octanol–water partition coefficient (Wildman–Crippen LogP) is -0.234. The molecule has 5 nitrogen and oxygen atoms in total. The van der Waals surface area contributed by atoms with E-state index >= 15 is 0 Å². The van der Waals surface area contributed by atoms with E-state index < -0.39 is 5.97 Å². The summed E-state index contributed by atoms with van der Waals surface area (Å²) in [6, 6.07) is 9.33. The molecule has 0 spiro atoms. The second kappa shape index (κ2) is 10.3. The number of fused-ring (bicyclic) bond motifs is 1. The number of hydrogen-bond donors (Lipinski definition) is 1. The van der Waals surface area contributed by atoms with E-state index in [4.69, 9.17) is 4.74 Å². The van der Waals surface area contributed by atoms with Crippen molar-refractivity contribution in [3.8, 4) is 5.75 Å². The second-order valence-corrected chi connectivity index (χ2v) is 7.20. The zero-order valence-corrected chi connectivity index (χ0v) is 18.9. The van der Waals surface area contributed by atoms with Crippen LogP contribution in [-0.2, 0) is 13.0 Å². The number of carboxylic acids is 1. The summed E-state index contributed by atoms with van der Waals surface area (Å²) < 4.78 is 21.6. The van der Waals surface area contributed by atoms with Crippen LogP contribution in [0.1, 0.15) is 35.3 Å². The van der Waals surface area contributed by atoms with Gasteiger partial charge in [0.1, 0.15) is 11.6 Å². The second-order valence-electron chi connectivity index (χ2n) is 7.20. The Morgan fingerprint density at radius 2 is 2.00 bits per heavy atom. The zero-order valence-electron chi connectivity index (χ0n) is 16.9. The summed E-state index contributed by atoms with van der Waals surface area (Å²) in [5.41, 5.74) is 2.13. The fourth-order valence-corrected chi connectivity index (χ4v) is 3.30. The number of aromatic carboxylic acids is 1. The summed E-state index contributed by atoms with van der Waals surface area (Å²) in [5, 5.41) is 21.4. The van der Waals surface area contributed by atoms with Crippen LogP contribution in [0.3, 0.4) is 0 Å². The molecule has 0 aliphatic heterocycles. The van der Waals surface area contributed by atoms with Gasteiger partial charge in [-0.1, -0.05) is 26.0 Å². The van der Waals surface area contributed by atoms with E-state index in [1.165, 1.54) is 18.2 Å². The number of aliphatic hydroxyl groups is 1. The molecule has 29 heavy (non-hydrogen) atoms. The molecule has 7 heteroatoms. The standard InChI is InChI=1S/C22H24FNO4.Na/c1-14(2)13-28-20-7-6-17(23)10-16(20)12-24-11-15(8-9-25)21-18(22(26)27)4-3-5-19(21)24;/h3-7,10-11,14,25H,8-9,12-13H2,1-2H3,(H,26,27);/q;+1/p-1. The first-order valence-corrected chi connectivity index (χ1v) is 9.25. The number of aromatic nitrogens is 1. The van der Waals surface area contributed by atoms with Gasteiger partial charge in [-0.2, -0.15) is 0 Å². The Labute approximate surface area is 191 Å². The molecular formula is C22H23FNNaO4.